The first-order valence-corrected chi connectivity index (χ1v) is 10.8. The van der Waals surface area contributed by atoms with E-state index in [9.17, 15) is 34.1 Å². The van der Waals surface area contributed by atoms with Gasteiger partial charge in [-0.05, 0) is 43.4 Å². The summed E-state index contributed by atoms with van der Waals surface area (Å²) in [5.41, 5.74) is 5.81. The lowest BCUT2D eigenvalue weighted by molar-refractivity contribution is -0.142. The van der Waals surface area contributed by atoms with Crippen LogP contribution in [0.25, 0.3) is 0 Å². The van der Waals surface area contributed by atoms with Gasteiger partial charge < -0.3 is 30.7 Å². The van der Waals surface area contributed by atoms with Gasteiger partial charge in [-0.25, -0.2) is 9.36 Å². The van der Waals surface area contributed by atoms with E-state index in [0.29, 0.717) is 5.56 Å². The minimum absolute atomic E-state index is 0.0192. The van der Waals surface area contributed by atoms with Crippen LogP contribution >= 0.6 is 7.75 Å². The highest BCUT2D eigenvalue weighted by Gasteiger charge is 2.34. The van der Waals surface area contributed by atoms with E-state index in [-0.39, 0.29) is 24.5 Å². The molecule has 30 heavy (non-hydrogen) atoms. The summed E-state index contributed by atoms with van der Waals surface area (Å²) in [6, 6.07) is 1.88. The lowest BCUT2D eigenvalue weighted by atomic mass is 10.0. The summed E-state index contributed by atoms with van der Waals surface area (Å²) in [5, 5.41) is 23.1. The highest BCUT2D eigenvalue weighted by molar-refractivity contribution is 7.51. The molecule has 11 nitrogen and oxygen atoms in total. The molecular weight excluding hydrogens is 417 g/mol. The Morgan fingerprint density at radius 1 is 1.13 bits per heavy atom. The molecule has 1 rings (SSSR count). The van der Waals surface area contributed by atoms with Crippen molar-refractivity contribution in [1.29, 1.82) is 0 Å². The monoisotopic (exact) mass is 445 g/mol. The van der Waals surface area contributed by atoms with E-state index in [1.54, 1.807) is 13.8 Å². The van der Waals surface area contributed by atoms with Crippen molar-refractivity contribution in [2.45, 2.75) is 51.7 Å². The van der Waals surface area contributed by atoms with Gasteiger partial charge in [0.25, 0.3) is 0 Å². The van der Waals surface area contributed by atoms with Crippen LogP contribution in [0.4, 0.5) is 0 Å². The van der Waals surface area contributed by atoms with Gasteiger partial charge in [-0.2, -0.15) is 5.09 Å². The van der Waals surface area contributed by atoms with Crippen LogP contribution in [-0.2, 0) is 29.9 Å². The van der Waals surface area contributed by atoms with Crippen molar-refractivity contribution in [2.75, 3.05) is 0 Å². The van der Waals surface area contributed by atoms with Crippen molar-refractivity contribution in [3.8, 4) is 5.75 Å². The Bertz CT molecular complexity index is 797. The number of hydrogen-bond acceptors (Lipinski definition) is 7. The lowest BCUT2D eigenvalue weighted by Gasteiger charge is -2.24. The number of amides is 1. The quantitative estimate of drug-likeness (QED) is 0.262. The van der Waals surface area contributed by atoms with Gasteiger partial charge in [-0.15, -0.1) is 0 Å². The SMILES string of the molecule is CC(C)C[C@H](NC(=O)[C@H](Cc1ccc(O)cc1)NP(=O)(O)OC(=O)[C@H](C)N)C(=O)O. The number of phenols is 1. The first-order chi connectivity index (χ1) is 13.8. The van der Waals surface area contributed by atoms with Crippen LogP contribution in [0, 0.1) is 5.92 Å². The van der Waals surface area contributed by atoms with Gasteiger partial charge in [0.15, 0.2) is 0 Å². The standard InChI is InChI=1S/C18H28N3O8P/c1-10(2)8-15(17(24)25)20-16(23)14(9-12-4-6-13(22)7-5-12)21-30(27,28)29-18(26)11(3)19/h4-7,10-11,14-15,22H,8-9,19H2,1-3H3,(H,20,23)(H,24,25)(H2,21,27,28)/t11-,14-,15-/m0/s1. The molecule has 1 aromatic rings. The van der Waals surface area contributed by atoms with E-state index >= 15 is 0 Å². The van der Waals surface area contributed by atoms with E-state index in [1.165, 1.54) is 31.2 Å². The van der Waals surface area contributed by atoms with E-state index in [1.807, 2.05) is 0 Å². The van der Waals surface area contributed by atoms with E-state index in [4.69, 9.17) is 5.73 Å². The molecule has 1 aromatic carbocycles. The smallest absolute Gasteiger partial charge is 0.459 e. The molecule has 0 saturated heterocycles. The van der Waals surface area contributed by atoms with Crippen molar-refractivity contribution in [1.82, 2.24) is 10.4 Å². The number of carboxylic acids is 1. The van der Waals surface area contributed by atoms with Crippen LogP contribution in [0.5, 0.6) is 5.75 Å². The molecule has 4 atom stereocenters. The zero-order chi connectivity index (χ0) is 23.1. The Morgan fingerprint density at radius 3 is 2.17 bits per heavy atom. The van der Waals surface area contributed by atoms with Gasteiger partial charge in [0.05, 0.1) is 0 Å². The minimum atomic E-state index is -4.79. The second-order valence-electron chi connectivity index (χ2n) is 7.30. The zero-order valence-corrected chi connectivity index (χ0v) is 17.8. The summed E-state index contributed by atoms with van der Waals surface area (Å²) >= 11 is 0. The number of nitrogens with two attached hydrogens (primary N) is 1. The molecule has 168 valence electrons. The molecule has 0 aliphatic heterocycles. The minimum Gasteiger partial charge on any atom is -0.508 e. The maximum atomic E-state index is 12.7. The molecule has 0 fully saturated rings. The molecule has 0 bridgehead atoms. The van der Waals surface area contributed by atoms with Crippen LogP contribution in [-0.4, -0.2) is 51.1 Å². The molecule has 1 amide bonds. The average molecular weight is 445 g/mol. The largest absolute Gasteiger partial charge is 0.508 e. The summed E-state index contributed by atoms with van der Waals surface area (Å²) in [6.07, 6.45) is -0.0100. The van der Waals surface area contributed by atoms with Crippen LogP contribution in [0.3, 0.4) is 0 Å². The fourth-order valence-corrected chi connectivity index (χ4v) is 3.52. The third-order valence-electron chi connectivity index (χ3n) is 3.92. The van der Waals surface area contributed by atoms with Crippen molar-refractivity contribution < 1.29 is 38.6 Å². The summed E-state index contributed by atoms with van der Waals surface area (Å²) in [5.74, 6) is -3.33. The van der Waals surface area contributed by atoms with Crippen LogP contribution in [0.1, 0.15) is 32.8 Å². The molecule has 7 N–H and O–H groups in total. The topological polar surface area (TPSA) is 188 Å². The predicted octanol–water partition coefficient (Wildman–Crippen LogP) is 0.499. The molecule has 0 radical (unpaired) electrons. The summed E-state index contributed by atoms with van der Waals surface area (Å²) in [6.45, 7) is 4.82. The number of carbonyl (C=O) groups is 3. The van der Waals surface area contributed by atoms with Crippen molar-refractivity contribution in [3.63, 3.8) is 0 Å². The number of benzene rings is 1. The predicted molar refractivity (Wildman–Crippen MR) is 107 cm³/mol. The molecule has 0 aliphatic carbocycles. The highest BCUT2D eigenvalue weighted by atomic mass is 31.2. The second-order valence-corrected chi connectivity index (χ2v) is 8.78. The Morgan fingerprint density at radius 2 is 1.70 bits per heavy atom. The van der Waals surface area contributed by atoms with Gasteiger partial charge >= 0.3 is 19.7 Å². The van der Waals surface area contributed by atoms with Gasteiger partial charge in [0.2, 0.25) is 5.91 Å². The fourth-order valence-electron chi connectivity index (χ4n) is 2.46. The van der Waals surface area contributed by atoms with Gasteiger partial charge in [0, 0.05) is 0 Å². The number of nitrogens with one attached hydrogen (secondary N) is 2. The number of carbonyl (C=O) groups excluding carboxylic acids is 2. The van der Waals surface area contributed by atoms with Crippen LogP contribution < -0.4 is 16.1 Å². The normalized spacial score (nSPS) is 16.2. The lowest BCUT2D eigenvalue weighted by Crippen LogP contribution is -2.51. The Kier molecular flexibility index (Phi) is 9.44. The number of phenolic OH excluding ortho intramolecular Hbond substituents is 1. The molecule has 0 aliphatic rings. The average Bonchev–Trinajstić information content (AvgIpc) is 2.61. The maximum Gasteiger partial charge on any atom is 0.459 e. The Balaban J connectivity index is 3.07. The molecule has 0 saturated carbocycles. The maximum absolute atomic E-state index is 12.7. The number of carboxylic acid groups (broad SMARTS) is 1. The fraction of sp³-hybridized carbons (Fsp3) is 0.500. The molecule has 0 spiro atoms. The molecule has 0 heterocycles. The number of aromatic hydroxyl groups is 1. The molecule has 1 unspecified atom stereocenters. The molecule has 12 heteroatoms. The number of aliphatic carboxylic acids is 1. The van der Waals surface area contributed by atoms with E-state index < -0.39 is 43.7 Å². The Hall–Kier alpha value is -2.46. The Labute approximate surface area is 174 Å². The number of rotatable bonds is 11. The highest BCUT2D eigenvalue weighted by Crippen LogP contribution is 2.38. The van der Waals surface area contributed by atoms with Crippen molar-refractivity contribution in [2.24, 2.45) is 11.7 Å². The third-order valence-corrected chi connectivity index (χ3v) is 4.98. The summed E-state index contributed by atoms with van der Waals surface area (Å²) < 4.78 is 16.7. The first kappa shape index (κ1) is 25.6. The first-order valence-electron chi connectivity index (χ1n) is 9.21. The third kappa shape index (κ3) is 8.91. The van der Waals surface area contributed by atoms with Crippen LogP contribution in [0.15, 0.2) is 24.3 Å². The zero-order valence-electron chi connectivity index (χ0n) is 16.9. The number of hydrogen-bond donors (Lipinski definition) is 6. The van der Waals surface area contributed by atoms with Crippen molar-refractivity contribution >= 4 is 25.6 Å². The van der Waals surface area contributed by atoms with Gasteiger partial charge in [-0.1, -0.05) is 26.0 Å². The van der Waals surface area contributed by atoms with Gasteiger partial charge in [0.1, 0.15) is 23.9 Å². The molecular formula is C18H28N3O8P. The van der Waals surface area contributed by atoms with E-state index in [0.717, 1.165) is 0 Å². The summed E-state index contributed by atoms with van der Waals surface area (Å²) in [7, 11) is -4.79. The second kappa shape index (κ2) is 11.1. The van der Waals surface area contributed by atoms with E-state index in [2.05, 4.69) is 14.9 Å². The van der Waals surface area contributed by atoms with Crippen molar-refractivity contribution in [3.05, 3.63) is 29.8 Å². The van der Waals surface area contributed by atoms with Crippen LogP contribution in [0.2, 0.25) is 0 Å². The summed E-state index contributed by atoms with van der Waals surface area (Å²) in [4.78, 5) is 45.7. The molecule has 0 aromatic heterocycles. The van der Waals surface area contributed by atoms with Gasteiger partial charge in [-0.3, -0.25) is 9.59 Å².